The average Bonchev–Trinajstić information content (AvgIpc) is 3.49. The number of hydrogen-bond donors (Lipinski definition) is 1. The average molecular weight is 499 g/mol. The molecule has 0 spiro atoms. The minimum Gasteiger partial charge on any atom is -0.352 e. The van der Waals surface area contributed by atoms with Gasteiger partial charge in [0.25, 0.3) is 0 Å². The molecule has 0 radical (unpaired) electrons. The van der Waals surface area contributed by atoms with Gasteiger partial charge in [-0.3, -0.25) is 4.79 Å². The van der Waals surface area contributed by atoms with E-state index in [0.717, 1.165) is 18.4 Å². The number of benzene rings is 2. The molecule has 1 unspecified atom stereocenters. The van der Waals surface area contributed by atoms with E-state index in [-0.39, 0.29) is 45.3 Å². The second kappa shape index (κ2) is 9.56. The van der Waals surface area contributed by atoms with Crippen LogP contribution < -0.4 is 5.32 Å². The van der Waals surface area contributed by atoms with Crippen molar-refractivity contribution in [2.24, 2.45) is 5.92 Å². The summed E-state index contributed by atoms with van der Waals surface area (Å²) in [5.41, 5.74) is 1.35. The van der Waals surface area contributed by atoms with Gasteiger partial charge in [-0.2, -0.15) is 13.2 Å². The third kappa shape index (κ3) is 5.97. The highest BCUT2D eigenvalue weighted by Gasteiger charge is 2.40. The molecule has 2 aromatic rings. The molecule has 9 heteroatoms. The lowest BCUT2D eigenvalue weighted by atomic mass is 9.91. The topological polar surface area (TPSA) is 29.1 Å². The summed E-state index contributed by atoms with van der Waals surface area (Å²) in [4.78, 5) is 11.7. The number of amides is 1. The van der Waals surface area contributed by atoms with Gasteiger partial charge in [0.1, 0.15) is 0 Å². The lowest BCUT2D eigenvalue weighted by Gasteiger charge is -2.22. The fourth-order valence-electron chi connectivity index (χ4n) is 3.17. The van der Waals surface area contributed by atoms with E-state index in [0.29, 0.717) is 17.1 Å². The van der Waals surface area contributed by atoms with E-state index >= 15 is 0 Å². The zero-order valence-corrected chi connectivity index (χ0v) is 18.7. The van der Waals surface area contributed by atoms with Crippen LogP contribution >= 0.6 is 46.4 Å². The van der Waals surface area contributed by atoms with Gasteiger partial charge < -0.3 is 5.32 Å². The number of hydrogen-bond acceptors (Lipinski definition) is 1. The van der Waals surface area contributed by atoms with Crippen molar-refractivity contribution >= 4 is 52.3 Å². The van der Waals surface area contributed by atoms with Crippen molar-refractivity contribution in [2.75, 3.05) is 0 Å². The first kappa shape index (κ1) is 23.5. The molecule has 0 aromatic heterocycles. The lowest BCUT2D eigenvalue weighted by Crippen LogP contribution is -2.24. The number of rotatable bonds is 7. The Morgan fingerprint density at radius 2 is 1.67 bits per heavy atom. The van der Waals surface area contributed by atoms with Crippen molar-refractivity contribution in [1.82, 2.24) is 5.32 Å². The molecule has 3 rings (SSSR count). The van der Waals surface area contributed by atoms with Gasteiger partial charge >= 0.3 is 6.18 Å². The zero-order chi connectivity index (χ0) is 22.1. The van der Waals surface area contributed by atoms with Crippen LogP contribution in [0.5, 0.6) is 0 Å². The fourth-order valence-corrected chi connectivity index (χ4v) is 4.05. The van der Waals surface area contributed by atoms with E-state index in [1.165, 1.54) is 12.1 Å². The molecular weight excluding hydrogens is 481 g/mol. The van der Waals surface area contributed by atoms with Crippen LogP contribution in [0.1, 0.15) is 41.9 Å². The van der Waals surface area contributed by atoms with Crippen LogP contribution in [-0.4, -0.2) is 12.1 Å². The molecule has 1 fully saturated rings. The van der Waals surface area contributed by atoms with E-state index in [2.05, 4.69) is 5.32 Å². The van der Waals surface area contributed by atoms with Gasteiger partial charge in [0.15, 0.2) is 0 Å². The Morgan fingerprint density at radius 1 is 1.03 bits per heavy atom. The predicted molar refractivity (Wildman–Crippen MR) is 115 cm³/mol. The zero-order valence-electron chi connectivity index (χ0n) is 15.6. The lowest BCUT2D eigenvalue weighted by molar-refractivity contribution is -0.151. The van der Waals surface area contributed by atoms with Crippen LogP contribution in [0.3, 0.4) is 0 Å². The molecule has 1 aliphatic rings. The number of nitrogens with one attached hydrogen (secondary N) is 1. The van der Waals surface area contributed by atoms with E-state index < -0.39 is 12.1 Å². The highest BCUT2D eigenvalue weighted by molar-refractivity contribution is 6.48. The molecule has 1 amide bonds. The summed E-state index contributed by atoms with van der Waals surface area (Å²) in [6, 6.07) is 7.48. The number of alkyl halides is 3. The van der Waals surface area contributed by atoms with Gasteiger partial charge in [-0.1, -0.05) is 58.5 Å². The van der Waals surface area contributed by atoms with Gasteiger partial charge in [-0.05, 0) is 60.6 Å². The first-order valence-corrected chi connectivity index (χ1v) is 10.8. The molecule has 30 heavy (non-hydrogen) atoms. The van der Waals surface area contributed by atoms with Crippen LogP contribution in [0.25, 0.3) is 0 Å². The molecule has 2 nitrogen and oxygen atoms in total. The van der Waals surface area contributed by atoms with E-state index in [4.69, 9.17) is 46.4 Å². The highest BCUT2D eigenvalue weighted by atomic mass is 35.5. The SMILES string of the molecule is O=C(NCc1ccc(CCC(c2cc(Cl)c(Cl)c(Cl)c2)C(F)(F)F)cc1Cl)C1CC1. The summed E-state index contributed by atoms with van der Waals surface area (Å²) in [7, 11) is 0. The fraction of sp³-hybridized carbons (Fsp3) is 0.381. The van der Waals surface area contributed by atoms with Crippen molar-refractivity contribution < 1.29 is 18.0 Å². The molecule has 1 aliphatic carbocycles. The van der Waals surface area contributed by atoms with Crippen molar-refractivity contribution in [3.05, 3.63) is 67.1 Å². The normalized spacial score (nSPS) is 15.2. The van der Waals surface area contributed by atoms with Crippen molar-refractivity contribution in [1.29, 1.82) is 0 Å². The Balaban J connectivity index is 1.69. The second-order valence-electron chi connectivity index (χ2n) is 7.35. The number of carbonyl (C=O) groups is 1. The molecule has 162 valence electrons. The van der Waals surface area contributed by atoms with Crippen molar-refractivity contribution in [3.8, 4) is 0 Å². The molecule has 0 saturated heterocycles. The summed E-state index contributed by atoms with van der Waals surface area (Å²) in [5.74, 6) is -1.65. The summed E-state index contributed by atoms with van der Waals surface area (Å²) >= 11 is 23.9. The van der Waals surface area contributed by atoms with Gasteiger partial charge in [0, 0.05) is 17.5 Å². The van der Waals surface area contributed by atoms with Gasteiger partial charge in [-0.25, -0.2) is 0 Å². The maximum absolute atomic E-state index is 13.7. The van der Waals surface area contributed by atoms with Gasteiger partial charge in [0.2, 0.25) is 5.91 Å². The van der Waals surface area contributed by atoms with Crippen LogP contribution in [0.2, 0.25) is 20.1 Å². The van der Waals surface area contributed by atoms with Crippen LogP contribution in [0, 0.1) is 5.92 Å². The Bertz CT molecular complexity index is 921. The molecule has 1 N–H and O–H groups in total. The molecule has 0 bridgehead atoms. The summed E-state index contributed by atoms with van der Waals surface area (Å²) in [6.45, 7) is 0.293. The Hall–Kier alpha value is -1.14. The van der Waals surface area contributed by atoms with Crippen molar-refractivity contribution in [2.45, 2.75) is 44.3 Å². The number of aryl methyl sites for hydroxylation is 1. The highest BCUT2D eigenvalue weighted by Crippen LogP contribution is 2.42. The quantitative estimate of drug-likeness (QED) is 0.391. The Labute approximate surface area is 192 Å². The molecule has 2 aromatic carbocycles. The maximum atomic E-state index is 13.7. The Kier molecular flexibility index (Phi) is 7.49. The maximum Gasteiger partial charge on any atom is 0.395 e. The molecular formula is C21H18Cl4F3NO. The molecule has 1 atom stereocenters. The number of carbonyl (C=O) groups excluding carboxylic acids is 1. The van der Waals surface area contributed by atoms with Crippen LogP contribution in [0.15, 0.2) is 30.3 Å². The Morgan fingerprint density at radius 3 is 2.20 bits per heavy atom. The van der Waals surface area contributed by atoms with E-state index in [1.54, 1.807) is 18.2 Å². The third-order valence-electron chi connectivity index (χ3n) is 5.04. The minimum absolute atomic E-state index is 0.00319. The van der Waals surface area contributed by atoms with Gasteiger partial charge in [0.05, 0.1) is 21.0 Å². The first-order valence-electron chi connectivity index (χ1n) is 9.32. The van der Waals surface area contributed by atoms with Crippen LogP contribution in [-0.2, 0) is 17.8 Å². The summed E-state index contributed by atoms with van der Waals surface area (Å²) < 4.78 is 41.0. The second-order valence-corrected chi connectivity index (χ2v) is 8.95. The molecule has 0 heterocycles. The first-order chi connectivity index (χ1) is 14.1. The summed E-state index contributed by atoms with van der Waals surface area (Å²) in [6.07, 6.45) is -2.72. The smallest absolute Gasteiger partial charge is 0.352 e. The van der Waals surface area contributed by atoms with E-state index in [9.17, 15) is 18.0 Å². The van der Waals surface area contributed by atoms with E-state index in [1.807, 2.05) is 0 Å². The summed E-state index contributed by atoms with van der Waals surface area (Å²) in [5, 5.41) is 3.22. The standard InChI is InChI=1S/C21H18Cl4F3NO/c22-16-7-11(1-3-13(16)10-29-20(30)12-4-5-12)2-6-15(21(26,27)28)14-8-17(23)19(25)18(24)9-14/h1,3,7-9,12,15H,2,4-6,10H2,(H,29,30). The largest absolute Gasteiger partial charge is 0.395 e. The monoisotopic (exact) mass is 497 g/mol. The van der Waals surface area contributed by atoms with Crippen molar-refractivity contribution in [3.63, 3.8) is 0 Å². The predicted octanol–water partition coefficient (Wildman–Crippen LogP) is 7.61. The number of halogens is 7. The van der Waals surface area contributed by atoms with Gasteiger partial charge in [-0.15, -0.1) is 0 Å². The third-order valence-corrected chi connectivity index (χ3v) is 6.59. The molecule has 1 saturated carbocycles. The minimum atomic E-state index is -4.47. The molecule has 0 aliphatic heterocycles. The van der Waals surface area contributed by atoms with Crippen LogP contribution in [0.4, 0.5) is 13.2 Å².